The topological polar surface area (TPSA) is 246 Å². The van der Waals surface area contributed by atoms with Crippen LogP contribution in [0.4, 0.5) is 5.69 Å². The van der Waals surface area contributed by atoms with Gasteiger partial charge in [0.2, 0.25) is 23.6 Å². The number of amides is 4. The Labute approximate surface area is 298 Å². The average Bonchev–Trinajstić information content (AvgIpc) is 3.71. The smallest absolute Gasteiger partial charge is 0.329 e. The molecule has 1 aromatic carbocycles. The highest BCUT2D eigenvalue weighted by molar-refractivity contribution is 8.15. The highest BCUT2D eigenvalue weighted by atomic mass is 32.2. The van der Waals surface area contributed by atoms with Crippen LogP contribution in [0.3, 0.4) is 0 Å². The van der Waals surface area contributed by atoms with E-state index >= 15 is 0 Å². The quantitative estimate of drug-likeness (QED) is 0.0900. The van der Waals surface area contributed by atoms with Crippen LogP contribution < -0.4 is 27.0 Å². The van der Waals surface area contributed by atoms with Crippen LogP contribution in [0.25, 0.3) is 10.2 Å². The minimum absolute atomic E-state index is 0.100. The second kappa shape index (κ2) is 19.9. The highest BCUT2D eigenvalue weighted by Crippen LogP contribution is 2.31. The number of hydrogen-bond donors (Lipinski definition) is 7. The predicted molar refractivity (Wildman–Crippen MR) is 192 cm³/mol. The Bertz CT molecular complexity index is 1570. The van der Waals surface area contributed by atoms with Gasteiger partial charge >= 0.3 is 11.9 Å². The van der Waals surface area contributed by atoms with E-state index in [1.807, 2.05) is 19.0 Å². The lowest BCUT2D eigenvalue weighted by molar-refractivity contribution is -0.138. The van der Waals surface area contributed by atoms with Crippen molar-refractivity contribution in [3.05, 3.63) is 23.2 Å². The Balaban J connectivity index is 1.76. The van der Waals surface area contributed by atoms with E-state index in [9.17, 15) is 33.9 Å². The molecule has 0 unspecified atom stereocenters. The van der Waals surface area contributed by atoms with E-state index in [4.69, 9.17) is 10.8 Å². The number of hydrogen-bond acceptors (Lipinski definition) is 12. The van der Waals surface area contributed by atoms with Crippen LogP contribution in [0.5, 0.6) is 0 Å². The number of carboxylic acid groups (broad SMARTS) is 2. The first kappa shape index (κ1) is 40.3. The lowest BCUT2D eigenvalue weighted by Crippen LogP contribution is -2.55. The normalized spacial score (nSPS) is 15.9. The van der Waals surface area contributed by atoms with Crippen molar-refractivity contribution in [3.8, 4) is 0 Å². The number of carboxylic acids is 2. The van der Waals surface area contributed by atoms with Gasteiger partial charge in [0, 0.05) is 31.3 Å². The summed E-state index contributed by atoms with van der Waals surface area (Å²) in [5.41, 5.74) is 7.02. The molecule has 0 aliphatic carbocycles. The second-order valence-corrected chi connectivity index (χ2v) is 14.3. The van der Waals surface area contributed by atoms with Gasteiger partial charge in [0.05, 0.1) is 16.3 Å². The van der Waals surface area contributed by atoms with Gasteiger partial charge in [0.25, 0.3) is 0 Å². The first-order chi connectivity index (χ1) is 23.7. The van der Waals surface area contributed by atoms with Crippen molar-refractivity contribution < 1.29 is 39.0 Å². The first-order valence-electron chi connectivity index (χ1n) is 16.4. The second-order valence-electron chi connectivity index (χ2n) is 12.2. The summed E-state index contributed by atoms with van der Waals surface area (Å²) in [6.07, 6.45) is 2.50. The highest BCUT2D eigenvalue weighted by Gasteiger charge is 2.29. The molecular formula is C32H46N8O8S2. The maximum atomic E-state index is 13.7. The Hall–Kier alpha value is -4.13. The fourth-order valence-corrected chi connectivity index (χ4v) is 7.06. The van der Waals surface area contributed by atoms with Crippen LogP contribution in [-0.4, -0.2) is 118 Å². The Morgan fingerprint density at radius 1 is 0.960 bits per heavy atom. The molecule has 0 saturated heterocycles. The molecule has 4 amide bonds. The van der Waals surface area contributed by atoms with Gasteiger partial charge in [-0.3, -0.25) is 29.0 Å². The number of rotatable bonds is 21. The molecule has 2 aromatic rings. The summed E-state index contributed by atoms with van der Waals surface area (Å²) >= 11 is 2.65. The number of unbranched alkanes of at least 4 members (excludes halogenated alkanes) is 2. The number of benzene rings is 1. The Morgan fingerprint density at radius 2 is 1.64 bits per heavy atom. The SMILES string of the molecule is CC(=O)NCCCC[C@H](NC(=O)[C@H](CCCCN(C)C)NC(=O)[C@@H](N)CCC(=O)O)C(=O)Nc1ccc2nc(C3=N[C@@H](C(=O)O)CS3)sc2c1. The maximum absolute atomic E-state index is 13.7. The standard InChI is InChI=1S/C32H46N8O8S2/c1-18(41)34-14-6-4-8-22(37-29(46)23(9-5-7-15-40(2)3)36-27(44)20(33)11-13-26(42)43)28(45)35-19-10-12-21-25(16-19)50-31(38-21)30-39-24(17-49-30)32(47)48/h10,12,16,20,22-24H,4-9,11,13-15,17,33H2,1-3H3,(H,34,41)(H,35,45)(H,36,44)(H,37,46)(H,42,43)(H,47,48)/t20-,22-,23-,24+/m0/s1. The number of aliphatic imine (C=N–C) groups is 1. The molecule has 1 aromatic heterocycles. The molecule has 2 heterocycles. The van der Waals surface area contributed by atoms with Gasteiger partial charge in [0.1, 0.15) is 22.1 Å². The summed E-state index contributed by atoms with van der Waals surface area (Å²) in [7, 11) is 3.85. The van der Waals surface area contributed by atoms with Gasteiger partial charge in [-0.25, -0.2) is 9.78 Å². The molecule has 274 valence electrons. The number of nitrogens with two attached hydrogens (primary N) is 1. The number of carbonyl (C=O) groups excluding carboxylic acids is 4. The molecule has 18 heteroatoms. The number of nitrogens with one attached hydrogen (secondary N) is 4. The van der Waals surface area contributed by atoms with Crippen molar-refractivity contribution in [1.82, 2.24) is 25.8 Å². The maximum Gasteiger partial charge on any atom is 0.329 e. The summed E-state index contributed by atoms with van der Waals surface area (Å²) in [6, 6.07) is 1.19. The van der Waals surface area contributed by atoms with Crippen molar-refractivity contribution in [2.45, 2.75) is 82.5 Å². The summed E-state index contributed by atoms with van der Waals surface area (Å²) in [4.78, 5) is 84.5. The molecule has 1 aliphatic heterocycles. The van der Waals surface area contributed by atoms with Crippen LogP contribution in [0.15, 0.2) is 23.2 Å². The van der Waals surface area contributed by atoms with E-state index in [0.29, 0.717) is 52.8 Å². The largest absolute Gasteiger partial charge is 0.481 e. The van der Waals surface area contributed by atoms with Crippen molar-refractivity contribution in [2.24, 2.45) is 10.7 Å². The van der Waals surface area contributed by atoms with Crippen LogP contribution in [0.1, 0.15) is 63.3 Å². The van der Waals surface area contributed by atoms with Crippen LogP contribution in [-0.2, 0) is 28.8 Å². The van der Waals surface area contributed by atoms with Gasteiger partial charge in [-0.2, -0.15) is 0 Å². The van der Waals surface area contributed by atoms with E-state index in [1.165, 1.54) is 30.0 Å². The molecule has 4 atom stereocenters. The van der Waals surface area contributed by atoms with Gasteiger partial charge in [-0.1, -0.05) is 0 Å². The molecule has 16 nitrogen and oxygen atoms in total. The van der Waals surface area contributed by atoms with E-state index in [-0.39, 0.29) is 31.6 Å². The predicted octanol–water partition coefficient (Wildman–Crippen LogP) is 1.38. The number of thiazole rings is 1. The lowest BCUT2D eigenvalue weighted by atomic mass is 10.0. The van der Waals surface area contributed by atoms with Crippen molar-refractivity contribution >= 4 is 79.6 Å². The molecule has 0 saturated carbocycles. The molecular weight excluding hydrogens is 689 g/mol. The lowest BCUT2D eigenvalue weighted by Gasteiger charge is -2.24. The monoisotopic (exact) mass is 734 g/mol. The zero-order valence-corrected chi connectivity index (χ0v) is 30.0. The third kappa shape index (κ3) is 13.3. The fraction of sp³-hybridized carbons (Fsp3) is 0.562. The van der Waals surface area contributed by atoms with Gasteiger partial charge in [-0.05, 0) is 83.8 Å². The van der Waals surface area contributed by atoms with Crippen molar-refractivity contribution in [2.75, 3.05) is 38.3 Å². The molecule has 3 rings (SSSR count). The number of nitrogens with zero attached hydrogens (tertiary/aromatic N) is 3. The zero-order chi connectivity index (χ0) is 36.8. The molecule has 0 fully saturated rings. The number of aromatic nitrogens is 1. The summed E-state index contributed by atoms with van der Waals surface area (Å²) in [5.74, 6) is -3.65. The van der Waals surface area contributed by atoms with Gasteiger partial charge in [-0.15, -0.1) is 23.1 Å². The van der Waals surface area contributed by atoms with E-state index in [1.54, 1.807) is 18.2 Å². The van der Waals surface area contributed by atoms with Crippen LogP contribution in [0.2, 0.25) is 0 Å². The number of aliphatic carboxylic acids is 2. The summed E-state index contributed by atoms with van der Waals surface area (Å²) in [5, 5.41) is 30.4. The number of thioether (sulfide) groups is 1. The molecule has 8 N–H and O–H groups in total. The molecule has 0 bridgehead atoms. The molecule has 1 aliphatic rings. The number of fused-ring (bicyclic) bond motifs is 1. The Morgan fingerprint density at radius 3 is 2.28 bits per heavy atom. The van der Waals surface area contributed by atoms with Crippen LogP contribution in [0, 0.1) is 0 Å². The van der Waals surface area contributed by atoms with Crippen LogP contribution >= 0.6 is 23.1 Å². The minimum Gasteiger partial charge on any atom is -0.481 e. The number of carbonyl (C=O) groups is 6. The van der Waals surface area contributed by atoms with E-state index < -0.39 is 53.8 Å². The summed E-state index contributed by atoms with van der Waals surface area (Å²) < 4.78 is 0.746. The molecule has 0 radical (unpaired) electrons. The zero-order valence-electron chi connectivity index (χ0n) is 28.4. The third-order valence-corrected chi connectivity index (χ3v) is 9.90. The van der Waals surface area contributed by atoms with E-state index in [0.717, 1.165) is 17.7 Å². The average molecular weight is 735 g/mol. The Kier molecular flexibility index (Phi) is 16.0. The van der Waals surface area contributed by atoms with E-state index in [2.05, 4.69) is 31.2 Å². The fourth-order valence-electron chi connectivity index (χ4n) is 4.95. The molecule has 50 heavy (non-hydrogen) atoms. The van der Waals surface area contributed by atoms with Gasteiger partial charge in [0.15, 0.2) is 6.04 Å². The minimum atomic E-state index is -1.13. The first-order valence-corrected chi connectivity index (χ1v) is 18.2. The van der Waals surface area contributed by atoms with Crippen molar-refractivity contribution in [3.63, 3.8) is 0 Å². The number of anilines is 1. The van der Waals surface area contributed by atoms with Crippen molar-refractivity contribution in [1.29, 1.82) is 0 Å². The summed E-state index contributed by atoms with van der Waals surface area (Å²) in [6.45, 7) is 2.57. The molecule has 0 spiro atoms. The van der Waals surface area contributed by atoms with Gasteiger partial charge < -0.3 is 42.1 Å². The third-order valence-electron chi connectivity index (χ3n) is 7.69.